The van der Waals surface area contributed by atoms with E-state index >= 15 is 0 Å². The fraction of sp³-hybridized carbons (Fsp3) is 0.222. The summed E-state index contributed by atoms with van der Waals surface area (Å²) in [5.41, 5.74) is 1.52. The number of carbonyl (C=O) groups is 2. The quantitative estimate of drug-likeness (QED) is 0.568. The van der Waals surface area contributed by atoms with Crippen molar-refractivity contribution in [2.45, 2.75) is 13.0 Å². The van der Waals surface area contributed by atoms with Crippen LogP contribution in [0.2, 0.25) is 0 Å². The number of carbonyl (C=O) groups excluding carboxylic acids is 2. The van der Waals surface area contributed by atoms with Crippen molar-refractivity contribution >= 4 is 56.4 Å². The van der Waals surface area contributed by atoms with Crippen LogP contribution >= 0.6 is 27.3 Å². The van der Waals surface area contributed by atoms with Crippen molar-refractivity contribution in [3.05, 3.63) is 50.9 Å². The number of nitrogens with one attached hydrogen (secondary N) is 2. The van der Waals surface area contributed by atoms with Crippen molar-refractivity contribution in [1.29, 1.82) is 0 Å². The van der Waals surface area contributed by atoms with E-state index in [1.54, 1.807) is 13.2 Å². The number of rotatable bonds is 5. The summed E-state index contributed by atoms with van der Waals surface area (Å²) in [6, 6.07) is 7.18. The van der Waals surface area contributed by atoms with Gasteiger partial charge in [-0.3, -0.25) is 10.1 Å². The van der Waals surface area contributed by atoms with Crippen LogP contribution in [-0.4, -0.2) is 40.2 Å². The second-order valence-electron chi connectivity index (χ2n) is 6.19. The number of hydrogen-bond donors (Lipinski definition) is 2. The Labute approximate surface area is 173 Å². The van der Waals surface area contributed by atoms with Crippen LogP contribution in [0.1, 0.15) is 15.4 Å². The normalized spacial score (nSPS) is 12.7. The van der Waals surface area contributed by atoms with Crippen LogP contribution in [0.5, 0.6) is 0 Å². The molecule has 10 heteroatoms. The molecule has 0 radical (unpaired) electrons. The zero-order valence-electron chi connectivity index (χ0n) is 15.0. The number of hydrogen-bond acceptors (Lipinski definition) is 6. The zero-order valence-corrected chi connectivity index (χ0v) is 17.4. The lowest BCUT2D eigenvalue weighted by molar-refractivity contribution is 0.0993. The van der Waals surface area contributed by atoms with E-state index in [0.717, 1.165) is 27.5 Å². The molecule has 2 amide bonds. The van der Waals surface area contributed by atoms with Crippen molar-refractivity contribution < 1.29 is 9.59 Å². The molecule has 0 saturated heterocycles. The van der Waals surface area contributed by atoms with Crippen molar-refractivity contribution in [1.82, 2.24) is 20.1 Å². The van der Waals surface area contributed by atoms with Gasteiger partial charge in [-0.15, -0.1) is 11.3 Å². The predicted octanol–water partition coefficient (Wildman–Crippen LogP) is 3.43. The average molecular weight is 461 g/mol. The van der Waals surface area contributed by atoms with E-state index in [4.69, 9.17) is 0 Å². The van der Waals surface area contributed by atoms with Crippen molar-refractivity contribution in [2.24, 2.45) is 0 Å². The second-order valence-corrected chi connectivity index (χ2v) is 8.09. The van der Waals surface area contributed by atoms with E-state index in [9.17, 15) is 9.59 Å². The minimum absolute atomic E-state index is 0.0205. The van der Waals surface area contributed by atoms with Crippen molar-refractivity contribution in [3.8, 4) is 0 Å². The summed E-state index contributed by atoms with van der Waals surface area (Å²) < 4.78 is 2.66. The molecule has 3 heterocycles. The molecule has 0 unspecified atom stereocenters. The van der Waals surface area contributed by atoms with Gasteiger partial charge in [-0.2, -0.15) is 5.10 Å². The molecule has 0 spiro atoms. The second kappa shape index (κ2) is 7.72. The summed E-state index contributed by atoms with van der Waals surface area (Å²) >= 11 is 4.99. The van der Waals surface area contributed by atoms with E-state index in [0.29, 0.717) is 17.9 Å². The Morgan fingerprint density at radius 2 is 2.11 bits per heavy atom. The molecule has 8 nitrogen and oxygen atoms in total. The maximum atomic E-state index is 12.7. The minimum Gasteiger partial charge on any atom is -0.341 e. The van der Waals surface area contributed by atoms with Crippen molar-refractivity contribution in [2.75, 3.05) is 23.8 Å². The van der Waals surface area contributed by atoms with Gasteiger partial charge in [-0.1, -0.05) is 15.9 Å². The number of amides is 2. The molecule has 144 valence electrons. The Bertz CT molecular complexity index is 1030. The largest absolute Gasteiger partial charge is 0.341 e. The highest BCUT2D eigenvalue weighted by Crippen LogP contribution is 2.34. The molecule has 0 saturated carbocycles. The molecular formula is C18H17BrN6O2S. The first-order valence-electron chi connectivity index (χ1n) is 8.60. The number of thiazole rings is 1. The Kier molecular flexibility index (Phi) is 5.14. The van der Waals surface area contributed by atoms with Crippen LogP contribution in [0.25, 0.3) is 0 Å². The SMILES string of the molecule is CNC(=O)Nc1cc2n(n1)CCN2c1cc(Br)cc(C(=O)Cc2nccs2)c1. The highest BCUT2D eigenvalue weighted by Gasteiger charge is 2.24. The Morgan fingerprint density at radius 3 is 2.86 bits per heavy atom. The van der Waals surface area contributed by atoms with E-state index in [-0.39, 0.29) is 18.2 Å². The highest BCUT2D eigenvalue weighted by molar-refractivity contribution is 9.10. The van der Waals surface area contributed by atoms with Crippen LogP contribution in [0.4, 0.5) is 22.1 Å². The van der Waals surface area contributed by atoms with Crippen LogP contribution in [0.3, 0.4) is 0 Å². The molecule has 0 bridgehead atoms. The molecule has 0 fully saturated rings. The van der Waals surface area contributed by atoms with Gasteiger partial charge in [0, 0.05) is 47.0 Å². The van der Waals surface area contributed by atoms with E-state index in [2.05, 4.69) is 41.5 Å². The predicted molar refractivity (Wildman–Crippen MR) is 112 cm³/mol. The number of halogens is 1. The number of urea groups is 1. The lowest BCUT2D eigenvalue weighted by Crippen LogP contribution is -2.24. The van der Waals surface area contributed by atoms with Crippen LogP contribution < -0.4 is 15.5 Å². The molecule has 2 N–H and O–H groups in total. The Balaban J connectivity index is 1.60. The molecule has 1 aromatic carbocycles. The lowest BCUT2D eigenvalue weighted by atomic mass is 10.1. The number of Topliss-reactive ketones (excluding diaryl/α,β-unsaturated/α-hetero) is 1. The summed E-state index contributed by atoms with van der Waals surface area (Å²) in [5.74, 6) is 1.36. The summed E-state index contributed by atoms with van der Waals surface area (Å²) in [4.78, 5) is 30.5. The van der Waals surface area contributed by atoms with Gasteiger partial charge in [-0.05, 0) is 18.2 Å². The average Bonchev–Trinajstić information content (AvgIpc) is 3.38. The van der Waals surface area contributed by atoms with Gasteiger partial charge >= 0.3 is 6.03 Å². The molecule has 0 aliphatic carbocycles. The third-order valence-electron chi connectivity index (χ3n) is 4.35. The van der Waals surface area contributed by atoms with Crippen LogP contribution in [-0.2, 0) is 13.0 Å². The first kappa shape index (κ1) is 18.6. The standard InChI is InChI=1S/C18H17BrN6O2S/c1-20-18(27)22-15-10-17-24(3-4-25(17)23-15)13-7-11(6-12(19)8-13)14(26)9-16-21-2-5-28-16/h2,5-8,10H,3-4,9H2,1H3,(H2,20,22,23,27). The molecule has 28 heavy (non-hydrogen) atoms. The molecular weight excluding hydrogens is 444 g/mol. The van der Waals surface area contributed by atoms with Crippen LogP contribution in [0, 0.1) is 0 Å². The maximum Gasteiger partial charge on any atom is 0.320 e. The summed E-state index contributed by atoms with van der Waals surface area (Å²) in [7, 11) is 1.55. The van der Waals surface area contributed by atoms with E-state index < -0.39 is 0 Å². The van der Waals surface area contributed by atoms with Gasteiger partial charge in [-0.25, -0.2) is 14.5 Å². The van der Waals surface area contributed by atoms with Gasteiger partial charge in [0.1, 0.15) is 10.8 Å². The number of fused-ring (bicyclic) bond motifs is 1. The van der Waals surface area contributed by atoms with Gasteiger partial charge in [0.2, 0.25) is 0 Å². The minimum atomic E-state index is -0.319. The van der Waals surface area contributed by atoms with Gasteiger partial charge in [0.25, 0.3) is 0 Å². The number of aromatic nitrogens is 3. The van der Waals surface area contributed by atoms with Crippen LogP contribution in [0.15, 0.2) is 40.3 Å². The summed E-state index contributed by atoms with van der Waals surface area (Å²) in [5, 5.41) is 12.3. The zero-order chi connectivity index (χ0) is 19.7. The molecule has 0 atom stereocenters. The maximum absolute atomic E-state index is 12.7. The number of ketones is 1. The highest BCUT2D eigenvalue weighted by atomic mass is 79.9. The summed E-state index contributed by atoms with van der Waals surface area (Å²) in [6.45, 7) is 1.43. The number of nitrogens with zero attached hydrogens (tertiary/aromatic N) is 4. The number of benzene rings is 1. The Morgan fingerprint density at radius 1 is 1.25 bits per heavy atom. The van der Waals surface area contributed by atoms with Gasteiger partial charge < -0.3 is 10.2 Å². The molecule has 1 aliphatic rings. The molecule has 3 aromatic rings. The first-order chi connectivity index (χ1) is 13.5. The lowest BCUT2D eigenvalue weighted by Gasteiger charge is -2.18. The molecule has 2 aromatic heterocycles. The third-order valence-corrected chi connectivity index (χ3v) is 5.59. The fourth-order valence-electron chi connectivity index (χ4n) is 3.07. The third kappa shape index (κ3) is 3.78. The monoisotopic (exact) mass is 460 g/mol. The Hall–Kier alpha value is -2.72. The van der Waals surface area contributed by atoms with E-state index in [1.807, 2.05) is 34.3 Å². The van der Waals surface area contributed by atoms with Gasteiger partial charge in [0.05, 0.1) is 13.0 Å². The molecule has 1 aliphatic heterocycles. The van der Waals surface area contributed by atoms with E-state index in [1.165, 1.54) is 11.3 Å². The van der Waals surface area contributed by atoms with Gasteiger partial charge in [0.15, 0.2) is 11.6 Å². The molecule has 4 rings (SSSR count). The summed E-state index contributed by atoms with van der Waals surface area (Å²) in [6.07, 6.45) is 1.99. The fourth-order valence-corrected chi connectivity index (χ4v) is 4.17. The number of anilines is 3. The van der Waals surface area contributed by atoms with Crippen molar-refractivity contribution in [3.63, 3.8) is 0 Å². The smallest absolute Gasteiger partial charge is 0.320 e. The topological polar surface area (TPSA) is 92.2 Å². The first-order valence-corrected chi connectivity index (χ1v) is 10.3.